The number of nitrogens with zero attached hydrogens (tertiary/aromatic N) is 3. The Morgan fingerprint density at radius 2 is 1.97 bits per heavy atom. The first-order valence-electron chi connectivity index (χ1n) is 10.7. The van der Waals surface area contributed by atoms with Crippen molar-refractivity contribution >= 4 is 40.3 Å². The van der Waals surface area contributed by atoms with Crippen molar-refractivity contribution in [3.05, 3.63) is 58.1 Å². The van der Waals surface area contributed by atoms with E-state index in [9.17, 15) is 4.79 Å². The minimum absolute atomic E-state index is 0.0622. The van der Waals surface area contributed by atoms with Gasteiger partial charge in [-0.05, 0) is 69.5 Å². The van der Waals surface area contributed by atoms with Gasteiger partial charge in [0.25, 0.3) is 6.01 Å². The number of halogens is 2. The fraction of sp³-hybridized carbons (Fsp3) is 0.417. The first-order chi connectivity index (χ1) is 15.2. The van der Waals surface area contributed by atoms with Crippen molar-refractivity contribution in [1.82, 2.24) is 14.5 Å². The zero-order chi connectivity index (χ0) is 22.9. The summed E-state index contributed by atoms with van der Waals surface area (Å²) < 4.78 is 13.7. The average Bonchev–Trinajstić information content (AvgIpc) is 3.33. The number of likely N-dealkylation sites (tertiary alicyclic amines) is 1. The molecule has 0 spiro atoms. The van der Waals surface area contributed by atoms with Crippen LogP contribution in [0, 0.1) is 0 Å². The van der Waals surface area contributed by atoms with Gasteiger partial charge in [-0.1, -0.05) is 35.3 Å². The number of ether oxygens (including phenoxy) is 2. The molecule has 0 N–H and O–H groups in total. The van der Waals surface area contributed by atoms with Gasteiger partial charge in [-0.15, -0.1) is 0 Å². The Morgan fingerprint density at radius 3 is 2.75 bits per heavy atom. The van der Waals surface area contributed by atoms with Crippen LogP contribution in [0.5, 0.6) is 6.01 Å². The summed E-state index contributed by atoms with van der Waals surface area (Å²) >= 11 is 12.6. The monoisotopic (exact) mass is 475 g/mol. The lowest BCUT2D eigenvalue weighted by atomic mass is 10.2. The Hall–Kier alpha value is -2.44. The molecule has 1 fully saturated rings. The molecule has 170 valence electrons. The summed E-state index contributed by atoms with van der Waals surface area (Å²) in [7, 11) is 0. The van der Waals surface area contributed by atoms with Crippen LogP contribution in [0.25, 0.3) is 11.0 Å². The Kier molecular flexibility index (Phi) is 6.54. The van der Waals surface area contributed by atoms with Crippen molar-refractivity contribution in [3.63, 3.8) is 0 Å². The molecule has 1 aromatic heterocycles. The van der Waals surface area contributed by atoms with Crippen LogP contribution >= 0.6 is 23.2 Å². The summed E-state index contributed by atoms with van der Waals surface area (Å²) in [6.07, 6.45) is 1.48. The van der Waals surface area contributed by atoms with Crippen molar-refractivity contribution in [2.75, 3.05) is 13.2 Å². The van der Waals surface area contributed by atoms with Crippen LogP contribution in [0.1, 0.15) is 39.2 Å². The van der Waals surface area contributed by atoms with E-state index in [4.69, 9.17) is 32.7 Å². The molecule has 2 heterocycles. The summed E-state index contributed by atoms with van der Waals surface area (Å²) in [5.74, 6) is 0. The number of carbonyl (C=O) groups is 1. The lowest BCUT2D eigenvalue weighted by molar-refractivity contribution is 0.0183. The number of hydrogen-bond donors (Lipinski definition) is 0. The fourth-order valence-electron chi connectivity index (χ4n) is 3.89. The van der Waals surface area contributed by atoms with Gasteiger partial charge >= 0.3 is 6.09 Å². The summed E-state index contributed by atoms with van der Waals surface area (Å²) in [6.45, 7) is 7.08. The fourth-order valence-corrected chi connectivity index (χ4v) is 4.26. The Morgan fingerprint density at radius 1 is 1.19 bits per heavy atom. The van der Waals surface area contributed by atoms with E-state index < -0.39 is 5.60 Å². The molecule has 0 aliphatic carbocycles. The number of benzene rings is 2. The third-order valence-electron chi connectivity index (χ3n) is 5.37. The number of aromatic nitrogens is 2. The lowest BCUT2D eigenvalue weighted by Crippen LogP contribution is -2.42. The Bertz CT molecular complexity index is 1120. The van der Waals surface area contributed by atoms with Gasteiger partial charge in [-0.2, -0.15) is 4.98 Å². The number of imidazole rings is 1. The van der Waals surface area contributed by atoms with Crippen molar-refractivity contribution < 1.29 is 14.3 Å². The van der Waals surface area contributed by atoms with Crippen LogP contribution in [-0.4, -0.2) is 45.3 Å². The zero-order valence-corrected chi connectivity index (χ0v) is 20.0. The van der Waals surface area contributed by atoms with Crippen LogP contribution in [0.2, 0.25) is 10.0 Å². The maximum atomic E-state index is 12.6. The number of hydrogen-bond acceptors (Lipinski definition) is 4. The smallest absolute Gasteiger partial charge is 0.410 e. The molecule has 1 unspecified atom stereocenters. The second-order valence-corrected chi connectivity index (χ2v) is 9.83. The highest BCUT2D eigenvalue weighted by Crippen LogP contribution is 2.28. The van der Waals surface area contributed by atoms with Crippen molar-refractivity contribution in [2.45, 2.75) is 51.8 Å². The van der Waals surface area contributed by atoms with Gasteiger partial charge in [-0.3, -0.25) is 4.57 Å². The minimum atomic E-state index is -0.532. The van der Waals surface area contributed by atoms with Gasteiger partial charge < -0.3 is 14.4 Å². The number of fused-ring (bicyclic) bond motifs is 1. The van der Waals surface area contributed by atoms with E-state index in [0.29, 0.717) is 35.8 Å². The summed E-state index contributed by atoms with van der Waals surface area (Å²) in [5.41, 5.74) is 2.11. The van der Waals surface area contributed by atoms with E-state index in [1.807, 2.05) is 55.7 Å². The number of para-hydroxylation sites is 2. The molecule has 4 rings (SSSR count). The van der Waals surface area contributed by atoms with Crippen molar-refractivity contribution in [1.29, 1.82) is 0 Å². The molecule has 1 atom stereocenters. The molecule has 0 saturated carbocycles. The first kappa shape index (κ1) is 22.7. The highest BCUT2D eigenvalue weighted by molar-refractivity contribution is 6.33. The number of carbonyl (C=O) groups excluding carboxylic acids is 1. The van der Waals surface area contributed by atoms with Crippen LogP contribution in [0.15, 0.2) is 42.5 Å². The largest absolute Gasteiger partial charge is 0.462 e. The summed E-state index contributed by atoms with van der Waals surface area (Å²) in [5, 5.41) is 1.25. The van der Waals surface area contributed by atoms with Gasteiger partial charge in [0.05, 0.1) is 23.6 Å². The minimum Gasteiger partial charge on any atom is -0.462 e. The summed E-state index contributed by atoms with van der Waals surface area (Å²) in [6, 6.07) is 13.7. The third kappa shape index (κ3) is 5.13. The average molecular weight is 476 g/mol. The zero-order valence-electron chi connectivity index (χ0n) is 18.5. The molecule has 3 aromatic rings. The van der Waals surface area contributed by atoms with Crippen molar-refractivity contribution in [2.24, 2.45) is 0 Å². The lowest BCUT2D eigenvalue weighted by Gasteiger charge is -2.28. The van der Waals surface area contributed by atoms with E-state index in [0.717, 1.165) is 29.4 Å². The SMILES string of the molecule is CC(C)(C)OC(=O)N1CCCC1COc1nc2ccccc2n1Cc1cc(Cl)ccc1Cl. The van der Waals surface area contributed by atoms with Crippen molar-refractivity contribution in [3.8, 4) is 6.01 Å². The van der Waals surface area contributed by atoms with E-state index in [1.165, 1.54) is 0 Å². The van der Waals surface area contributed by atoms with Crippen LogP contribution < -0.4 is 4.74 Å². The van der Waals surface area contributed by atoms with Crippen LogP contribution in [-0.2, 0) is 11.3 Å². The van der Waals surface area contributed by atoms with Gasteiger partial charge in [-0.25, -0.2) is 4.79 Å². The molecule has 1 saturated heterocycles. The maximum Gasteiger partial charge on any atom is 0.410 e. The highest BCUT2D eigenvalue weighted by Gasteiger charge is 2.33. The Balaban J connectivity index is 1.56. The van der Waals surface area contributed by atoms with Crippen LogP contribution in [0.4, 0.5) is 4.79 Å². The van der Waals surface area contributed by atoms with Gasteiger partial charge in [0.2, 0.25) is 0 Å². The molecule has 0 bridgehead atoms. The number of rotatable bonds is 5. The van der Waals surface area contributed by atoms with E-state index in [2.05, 4.69) is 4.98 Å². The second kappa shape index (κ2) is 9.20. The van der Waals surface area contributed by atoms with E-state index >= 15 is 0 Å². The van der Waals surface area contributed by atoms with Gasteiger partial charge in [0, 0.05) is 16.6 Å². The molecule has 2 aromatic carbocycles. The van der Waals surface area contributed by atoms with E-state index in [1.54, 1.807) is 17.0 Å². The maximum absolute atomic E-state index is 12.6. The summed E-state index contributed by atoms with van der Waals surface area (Å²) in [4.78, 5) is 19.0. The highest BCUT2D eigenvalue weighted by atomic mass is 35.5. The number of amides is 1. The molecule has 1 amide bonds. The normalized spacial score (nSPS) is 16.5. The van der Waals surface area contributed by atoms with E-state index in [-0.39, 0.29) is 12.1 Å². The van der Waals surface area contributed by atoms with Gasteiger partial charge in [0.1, 0.15) is 12.2 Å². The molecule has 1 aliphatic heterocycles. The molecule has 8 heteroatoms. The Labute approximate surface area is 198 Å². The molecule has 0 radical (unpaired) electrons. The predicted molar refractivity (Wildman–Crippen MR) is 127 cm³/mol. The molecule has 32 heavy (non-hydrogen) atoms. The quantitative estimate of drug-likeness (QED) is 0.442. The van der Waals surface area contributed by atoms with Gasteiger partial charge in [0.15, 0.2) is 0 Å². The third-order valence-corrected chi connectivity index (χ3v) is 5.97. The van der Waals surface area contributed by atoms with Crippen LogP contribution in [0.3, 0.4) is 0 Å². The topological polar surface area (TPSA) is 56.6 Å². The second-order valence-electron chi connectivity index (χ2n) is 8.99. The molecular weight excluding hydrogens is 449 g/mol. The molecule has 1 aliphatic rings. The predicted octanol–water partition coefficient (Wildman–Crippen LogP) is 6.17. The molecular formula is C24H27Cl2N3O3. The first-order valence-corrected chi connectivity index (χ1v) is 11.5. The standard InChI is InChI=1S/C24H27Cl2N3O3/c1-24(2,3)32-23(30)28-12-6-7-18(28)15-31-22-27-20-8-4-5-9-21(20)29(22)14-16-13-17(25)10-11-19(16)26/h4-5,8-11,13,18H,6-7,12,14-15H2,1-3H3. The molecule has 6 nitrogen and oxygen atoms in total.